The van der Waals surface area contributed by atoms with E-state index < -0.39 is 0 Å². The average molecular weight is 229 g/mol. The predicted octanol–water partition coefficient (Wildman–Crippen LogP) is 3.24. The van der Waals surface area contributed by atoms with Gasteiger partial charge in [-0.1, -0.05) is 24.3 Å². The Labute approximate surface area is 100 Å². The lowest BCUT2D eigenvalue weighted by Crippen LogP contribution is -1.89. The first-order valence-electron chi connectivity index (χ1n) is 5.56. The van der Waals surface area contributed by atoms with Crippen molar-refractivity contribution >= 4 is 17.0 Å². The van der Waals surface area contributed by atoms with E-state index in [0.717, 1.165) is 18.6 Å². The lowest BCUT2D eigenvalue weighted by Gasteiger charge is -2.07. The molecule has 1 N–H and O–H groups in total. The number of nitrogens with zero attached hydrogens (tertiary/aromatic N) is 1. The zero-order valence-electron chi connectivity index (χ0n) is 9.76. The van der Waals surface area contributed by atoms with Crippen molar-refractivity contribution in [3.63, 3.8) is 0 Å². The summed E-state index contributed by atoms with van der Waals surface area (Å²) in [5.74, 6) is 0.867. The van der Waals surface area contributed by atoms with E-state index in [0.29, 0.717) is 0 Å². The highest BCUT2D eigenvalue weighted by atomic mass is 16.5. The molecule has 0 aromatic heterocycles. The minimum absolute atomic E-state index is 0.738. The highest BCUT2D eigenvalue weighted by Gasteiger charge is 2.01. The molecule has 0 spiro atoms. The molecular weight excluding hydrogens is 214 g/mol. The molecule has 0 heterocycles. The first-order chi connectivity index (χ1) is 8.35. The smallest absolute Gasteiger partial charge is 0.119 e. The molecule has 0 atom stereocenters. The average Bonchev–Trinajstić information content (AvgIpc) is 2.38. The van der Waals surface area contributed by atoms with Crippen molar-refractivity contribution in [2.75, 3.05) is 7.11 Å². The van der Waals surface area contributed by atoms with Gasteiger partial charge in [0.25, 0.3) is 0 Å². The summed E-state index contributed by atoms with van der Waals surface area (Å²) >= 11 is 0. The van der Waals surface area contributed by atoms with E-state index in [-0.39, 0.29) is 0 Å². The second kappa shape index (κ2) is 5.34. The zero-order valence-corrected chi connectivity index (χ0v) is 9.76. The van der Waals surface area contributed by atoms with E-state index in [1.165, 1.54) is 22.6 Å². The van der Waals surface area contributed by atoms with Crippen LogP contribution < -0.4 is 4.74 Å². The summed E-state index contributed by atoms with van der Waals surface area (Å²) in [4.78, 5) is 0. The predicted molar refractivity (Wildman–Crippen MR) is 69.1 cm³/mol. The lowest BCUT2D eigenvalue weighted by molar-refractivity contribution is 0.320. The fourth-order valence-electron chi connectivity index (χ4n) is 1.95. The quantitative estimate of drug-likeness (QED) is 0.497. The molecule has 2 aromatic carbocycles. The van der Waals surface area contributed by atoms with Gasteiger partial charge in [0, 0.05) is 6.21 Å². The molecule has 0 aliphatic rings. The summed E-state index contributed by atoms with van der Waals surface area (Å²) in [7, 11) is 1.67. The number of rotatable bonds is 4. The number of benzene rings is 2. The van der Waals surface area contributed by atoms with Crippen molar-refractivity contribution in [1.82, 2.24) is 0 Å². The number of ether oxygens (including phenoxy) is 1. The maximum absolute atomic E-state index is 8.38. The molecule has 17 heavy (non-hydrogen) atoms. The molecule has 0 amide bonds. The van der Waals surface area contributed by atoms with Gasteiger partial charge < -0.3 is 9.94 Å². The van der Waals surface area contributed by atoms with Crippen molar-refractivity contribution in [3.8, 4) is 5.75 Å². The molecule has 0 aliphatic heterocycles. The van der Waals surface area contributed by atoms with E-state index in [1.807, 2.05) is 18.2 Å². The maximum atomic E-state index is 8.38. The van der Waals surface area contributed by atoms with Gasteiger partial charge in [0.1, 0.15) is 5.75 Å². The van der Waals surface area contributed by atoms with E-state index in [9.17, 15) is 0 Å². The SMILES string of the molecule is COc1ccc2c(CCC=NO)cccc2c1. The topological polar surface area (TPSA) is 41.8 Å². The molecule has 2 rings (SSSR count). The summed E-state index contributed by atoms with van der Waals surface area (Å²) in [6.07, 6.45) is 3.12. The number of aryl methyl sites for hydroxylation is 1. The Hall–Kier alpha value is -2.03. The van der Waals surface area contributed by atoms with E-state index in [2.05, 4.69) is 23.4 Å². The monoisotopic (exact) mass is 229 g/mol. The van der Waals surface area contributed by atoms with Crippen LogP contribution in [0.15, 0.2) is 41.6 Å². The van der Waals surface area contributed by atoms with Crippen LogP contribution in [0.1, 0.15) is 12.0 Å². The van der Waals surface area contributed by atoms with Crippen molar-refractivity contribution in [1.29, 1.82) is 0 Å². The third-order valence-corrected chi connectivity index (χ3v) is 2.80. The van der Waals surface area contributed by atoms with Gasteiger partial charge in [0.05, 0.1) is 7.11 Å². The maximum Gasteiger partial charge on any atom is 0.119 e. The third kappa shape index (κ3) is 2.56. The van der Waals surface area contributed by atoms with Crippen LogP contribution in [0, 0.1) is 0 Å². The molecule has 0 bridgehead atoms. The molecule has 2 aromatic rings. The van der Waals surface area contributed by atoms with Crippen molar-refractivity contribution in [2.24, 2.45) is 5.16 Å². The minimum atomic E-state index is 0.738. The number of methoxy groups -OCH3 is 1. The van der Waals surface area contributed by atoms with Gasteiger partial charge in [0.15, 0.2) is 0 Å². The van der Waals surface area contributed by atoms with Crippen molar-refractivity contribution in [2.45, 2.75) is 12.8 Å². The first kappa shape index (κ1) is 11.5. The fourth-order valence-corrected chi connectivity index (χ4v) is 1.95. The fraction of sp³-hybridized carbons (Fsp3) is 0.214. The standard InChI is InChI=1S/C14H15NO2/c1-17-13-7-8-14-11(6-3-9-15-16)4-2-5-12(14)10-13/h2,4-5,7-10,16H,3,6H2,1H3. The molecule has 3 heteroatoms. The Balaban J connectivity index is 2.36. The van der Waals surface area contributed by atoms with Crippen LogP contribution in [0.25, 0.3) is 10.8 Å². The lowest BCUT2D eigenvalue weighted by atomic mass is 10.0. The van der Waals surface area contributed by atoms with Crippen LogP contribution in [0.2, 0.25) is 0 Å². The van der Waals surface area contributed by atoms with E-state index in [1.54, 1.807) is 7.11 Å². The molecule has 0 fully saturated rings. The van der Waals surface area contributed by atoms with Crippen LogP contribution in [0.5, 0.6) is 5.75 Å². The summed E-state index contributed by atoms with van der Waals surface area (Å²) in [6.45, 7) is 0. The normalized spacial score (nSPS) is 11.1. The molecule has 0 unspecified atom stereocenters. The Morgan fingerprint density at radius 1 is 1.29 bits per heavy atom. The van der Waals surface area contributed by atoms with Gasteiger partial charge in [0.2, 0.25) is 0 Å². The molecule has 3 nitrogen and oxygen atoms in total. The summed E-state index contributed by atoms with van der Waals surface area (Å²) in [5, 5.41) is 13.8. The van der Waals surface area contributed by atoms with Gasteiger partial charge >= 0.3 is 0 Å². The van der Waals surface area contributed by atoms with Crippen LogP contribution >= 0.6 is 0 Å². The molecule has 88 valence electrons. The highest BCUT2D eigenvalue weighted by molar-refractivity contribution is 5.87. The Morgan fingerprint density at radius 3 is 2.94 bits per heavy atom. The Morgan fingerprint density at radius 2 is 2.18 bits per heavy atom. The van der Waals surface area contributed by atoms with Crippen LogP contribution in [0.3, 0.4) is 0 Å². The second-order valence-corrected chi connectivity index (χ2v) is 3.84. The number of fused-ring (bicyclic) bond motifs is 1. The Kier molecular flexibility index (Phi) is 3.60. The van der Waals surface area contributed by atoms with Crippen LogP contribution in [-0.2, 0) is 6.42 Å². The van der Waals surface area contributed by atoms with Gasteiger partial charge in [-0.15, -0.1) is 5.16 Å². The Bertz CT molecular complexity index is 535. The largest absolute Gasteiger partial charge is 0.497 e. The van der Waals surface area contributed by atoms with Gasteiger partial charge in [-0.25, -0.2) is 0 Å². The van der Waals surface area contributed by atoms with Crippen LogP contribution in [-0.4, -0.2) is 18.5 Å². The summed E-state index contributed by atoms with van der Waals surface area (Å²) in [5.41, 5.74) is 1.25. The van der Waals surface area contributed by atoms with Gasteiger partial charge in [-0.05, 0) is 41.3 Å². The van der Waals surface area contributed by atoms with Gasteiger partial charge in [-0.2, -0.15) is 0 Å². The minimum Gasteiger partial charge on any atom is -0.497 e. The number of oxime groups is 1. The van der Waals surface area contributed by atoms with E-state index in [4.69, 9.17) is 9.94 Å². The molecule has 0 radical (unpaired) electrons. The first-order valence-corrected chi connectivity index (χ1v) is 5.56. The zero-order chi connectivity index (χ0) is 12.1. The molecule has 0 saturated carbocycles. The molecule has 0 aliphatic carbocycles. The number of hydrogen-bond donors (Lipinski definition) is 1. The third-order valence-electron chi connectivity index (χ3n) is 2.80. The highest BCUT2D eigenvalue weighted by Crippen LogP contribution is 2.24. The summed E-state index contributed by atoms with van der Waals surface area (Å²) in [6, 6.07) is 12.3. The summed E-state index contributed by atoms with van der Waals surface area (Å²) < 4.78 is 5.21. The van der Waals surface area contributed by atoms with Crippen molar-refractivity contribution in [3.05, 3.63) is 42.0 Å². The molecular formula is C14H15NO2. The molecule has 0 saturated heterocycles. The second-order valence-electron chi connectivity index (χ2n) is 3.84. The van der Waals surface area contributed by atoms with Crippen LogP contribution in [0.4, 0.5) is 0 Å². The van der Waals surface area contributed by atoms with Crippen molar-refractivity contribution < 1.29 is 9.94 Å². The van der Waals surface area contributed by atoms with E-state index >= 15 is 0 Å². The number of hydrogen-bond acceptors (Lipinski definition) is 3. The van der Waals surface area contributed by atoms with Gasteiger partial charge in [-0.3, -0.25) is 0 Å².